The van der Waals surface area contributed by atoms with E-state index in [4.69, 9.17) is 16.9 Å². The predicted molar refractivity (Wildman–Crippen MR) is 79.3 cm³/mol. The Labute approximate surface area is 124 Å². The third-order valence-electron chi connectivity index (χ3n) is 2.59. The van der Waals surface area contributed by atoms with Gasteiger partial charge in [-0.3, -0.25) is 0 Å². The summed E-state index contributed by atoms with van der Waals surface area (Å²) in [5, 5.41) is 22.0. The highest BCUT2D eigenvalue weighted by Gasteiger charge is 2.03. The molecule has 2 aromatic carbocycles. The molecule has 0 aliphatic carbocycles. The summed E-state index contributed by atoms with van der Waals surface area (Å²) in [6.45, 7) is 0.549. The Morgan fingerprint density at radius 3 is 2.74 bits per heavy atom. The van der Waals surface area contributed by atoms with Crippen molar-refractivity contribution in [2.24, 2.45) is 0 Å². The van der Waals surface area contributed by atoms with Gasteiger partial charge in [-0.2, -0.15) is 5.26 Å². The van der Waals surface area contributed by atoms with Crippen molar-refractivity contribution in [1.29, 1.82) is 5.26 Å². The molecule has 19 heavy (non-hydrogen) atoms. The molecule has 2 rings (SSSR count). The van der Waals surface area contributed by atoms with Gasteiger partial charge in [0.05, 0.1) is 26.8 Å². The van der Waals surface area contributed by atoms with Crippen LogP contribution in [-0.2, 0) is 6.54 Å². The number of phenolic OH excluding ortho intramolecular Hbond substituents is 1. The van der Waals surface area contributed by atoms with E-state index in [2.05, 4.69) is 27.3 Å². The fourth-order valence-corrected chi connectivity index (χ4v) is 2.20. The standard InChI is InChI=1S/C14H10BrClN2O/c15-11-5-10(2-4-14(11)19)8-18-13-6-9(7-17)1-3-12(13)16/h1-6,18-19H,8H2. The molecule has 0 aliphatic rings. The molecule has 2 N–H and O–H groups in total. The van der Waals surface area contributed by atoms with E-state index in [1.807, 2.05) is 12.1 Å². The van der Waals surface area contributed by atoms with Crippen LogP contribution in [0, 0.1) is 11.3 Å². The number of nitrogens with one attached hydrogen (secondary N) is 1. The second-order valence-electron chi connectivity index (χ2n) is 3.95. The zero-order valence-corrected chi connectivity index (χ0v) is 12.2. The minimum absolute atomic E-state index is 0.202. The highest BCUT2D eigenvalue weighted by Crippen LogP contribution is 2.26. The third-order valence-corrected chi connectivity index (χ3v) is 3.56. The van der Waals surface area contributed by atoms with Gasteiger partial charge in [0.2, 0.25) is 0 Å². The molecule has 0 saturated carbocycles. The number of nitriles is 1. The molecule has 96 valence electrons. The van der Waals surface area contributed by atoms with Crippen molar-refractivity contribution in [3.05, 3.63) is 57.0 Å². The molecule has 2 aromatic rings. The molecule has 0 aromatic heterocycles. The lowest BCUT2D eigenvalue weighted by Gasteiger charge is -2.09. The summed E-state index contributed by atoms with van der Waals surface area (Å²) in [4.78, 5) is 0. The number of hydrogen-bond donors (Lipinski definition) is 2. The largest absolute Gasteiger partial charge is 0.507 e. The van der Waals surface area contributed by atoms with Crippen molar-refractivity contribution >= 4 is 33.2 Å². The molecule has 3 nitrogen and oxygen atoms in total. The summed E-state index contributed by atoms with van der Waals surface area (Å²) in [7, 11) is 0. The first-order valence-corrected chi connectivity index (χ1v) is 6.68. The van der Waals surface area contributed by atoms with Crippen LogP contribution in [0.5, 0.6) is 5.75 Å². The average molecular weight is 338 g/mol. The molecule has 0 radical (unpaired) electrons. The van der Waals surface area contributed by atoms with E-state index in [1.165, 1.54) is 0 Å². The Hall–Kier alpha value is -1.70. The first kappa shape index (κ1) is 13.7. The smallest absolute Gasteiger partial charge is 0.129 e. The number of aromatic hydroxyl groups is 1. The molecular formula is C14H10BrClN2O. The minimum Gasteiger partial charge on any atom is -0.507 e. The Morgan fingerprint density at radius 2 is 2.05 bits per heavy atom. The summed E-state index contributed by atoms with van der Waals surface area (Å²) in [6.07, 6.45) is 0. The maximum absolute atomic E-state index is 9.42. The molecule has 0 amide bonds. The van der Waals surface area contributed by atoms with Crippen LogP contribution in [0.2, 0.25) is 5.02 Å². The summed E-state index contributed by atoms with van der Waals surface area (Å²) in [6, 6.07) is 12.4. The van der Waals surface area contributed by atoms with Gasteiger partial charge in [-0.25, -0.2) is 0 Å². The normalized spacial score (nSPS) is 9.95. The van der Waals surface area contributed by atoms with Gasteiger partial charge in [0, 0.05) is 6.54 Å². The number of hydrogen-bond acceptors (Lipinski definition) is 3. The second kappa shape index (κ2) is 5.96. The lowest BCUT2D eigenvalue weighted by atomic mass is 10.2. The summed E-state index contributed by atoms with van der Waals surface area (Å²) in [5.41, 5.74) is 2.26. The molecular weight excluding hydrogens is 328 g/mol. The van der Waals surface area contributed by atoms with E-state index in [-0.39, 0.29) is 5.75 Å². The van der Waals surface area contributed by atoms with Gasteiger partial charge in [0.15, 0.2) is 0 Å². The first-order chi connectivity index (χ1) is 9.10. The van der Waals surface area contributed by atoms with Crippen molar-refractivity contribution < 1.29 is 5.11 Å². The number of benzene rings is 2. The van der Waals surface area contributed by atoms with Gasteiger partial charge in [-0.05, 0) is 51.8 Å². The Bertz CT molecular complexity index is 652. The van der Waals surface area contributed by atoms with Crippen LogP contribution in [0.4, 0.5) is 5.69 Å². The maximum atomic E-state index is 9.42. The second-order valence-corrected chi connectivity index (χ2v) is 5.21. The van der Waals surface area contributed by atoms with Gasteiger partial charge in [-0.1, -0.05) is 17.7 Å². The van der Waals surface area contributed by atoms with Gasteiger partial charge >= 0.3 is 0 Å². The Kier molecular flexibility index (Phi) is 4.31. The van der Waals surface area contributed by atoms with E-state index < -0.39 is 0 Å². The van der Waals surface area contributed by atoms with Crippen LogP contribution < -0.4 is 5.32 Å². The maximum Gasteiger partial charge on any atom is 0.129 e. The molecule has 5 heteroatoms. The summed E-state index contributed by atoms with van der Waals surface area (Å²) >= 11 is 9.32. The van der Waals surface area contributed by atoms with Crippen LogP contribution in [0.15, 0.2) is 40.9 Å². The zero-order chi connectivity index (χ0) is 13.8. The van der Waals surface area contributed by atoms with Crippen LogP contribution >= 0.6 is 27.5 Å². The molecule has 0 spiro atoms. The van der Waals surface area contributed by atoms with Crippen LogP contribution in [0.25, 0.3) is 0 Å². The highest BCUT2D eigenvalue weighted by atomic mass is 79.9. The van der Waals surface area contributed by atoms with Crippen LogP contribution in [-0.4, -0.2) is 5.11 Å². The van der Waals surface area contributed by atoms with Crippen molar-refractivity contribution in [3.63, 3.8) is 0 Å². The molecule has 0 bridgehead atoms. The third kappa shape index (κ3) is 3.40. The molecule has 0 saturated heterocycles. The number of rotatable bonds is 3. The number of nitrogens with zero attached hydrogens (tertiary/aromatic N) is 1. The van der Waals surface area contributed by atoms with E-state index in [9.17, 15) is 5.11 Å². The van der Waals surface area contributed by atoms with Gasteiger partial charge in [-0.15, -0.1) is 0 Å². The van der Waals surface area contributed by atoms with E-state index in [1.54, 1.807) is 24.3 Å². The minimum atomic E-state index is 0.202. The predicted octanol–water partition coefficient (Wildman–Crippen LogP) is 4.29. The van der Waals surface area contributed by atoms with E-state index >= 15 is 0 Å². The summed E-state index contributed by atoms with van der Waals surface area (Å²) in [5.74, 6) is 0.202. The Morgan fingerprint density at radius 1 is 1.26 bits per heavy atom. The molecule has 0 heterocycles. The van der Waals surface area contributed by atoms with E-state index in [0.717, 1.165) is 5.56 Å². The molecule has 0 atom stereocenters. The van der Waals surface area contributed by atoms with Crippen molar-refractivity contribution in [2.45, 2.75) is 6.54 Å². The average Bonchev–Trinajstić information content (AvgIpc) is 2.41. The molecule has 0 unspecified atom stereocenters. The van der Waals surface area contributed by atoms with Crippen LogP contribution in [0.3, 0.4) is 0 Å². The number of anilines is 1. The van der Waals surface area contributed by atoms with Gasteiger partial charge in [0.1, 0.15) is 5.75 Å². The number of phenols is 1. The van der Waals surface area contributed by atoms with Gasteiger partial charge in [0.25, 0.3) is 0 Å². The first-order valence-electron chi connectivity index (χ1n) is 5.51. The van der Waals surface area contributed by atoms with Crippen molar-refractivity contribution in [3.8, 4) is 11.8 Å². The highest BCUT2D eigenvalue weighted by molar-refractivity contribution is 9.10. The fourth-order valence-electron chi connectivity index (χ4n) is 1.59. The fraction of sp³-hybridized carbons (Fsp3) is 0.0714. The van der Waals surface area contributed by atoms with Crippen LogP contribution in [0.1, 0.15) is 11.1 Å². The monoisotopic (exact) mass is 336 g/mol. The topological polar surface area (TPSA) is 56.0 Å². The molecule has 0 fully saturated rings. The van der Waals surface area contributed by atoms with Crippen molar-refractivity contribution in [1.82, 2.24) is 0 Å². The quantitative estimate of drug-likeness (QED) is 0.878. The zero-order valence-electron chi connectivity index (χ0n) is 9.82. The van der Waals surface area contributed by atoms with Crippen molar-refractivity contribution in [2.75, 3.05) is 5.32 Å². The van der Waals surface area contributed by atoms with Gasteiger partial charge < -0.3 is 10.4 Å². The Balaban J connectivity index is 2.14. The number of halogens is 2. The molecule has 0 aliphatic heterocycles. The van der Waals surface area contributed by atoms with E-state index in [0.29, 0.717) is 27.3 Å². The lowest BCUT2D eigenvalue weighted by molar-refractivity contribution is 0.471. The lowest BCUT2D eigenvalue weighted by Crippen LogP contribution is -2.00. The SMILES string of the molecule is N#Cc1ccc(Cl)c(NCc2ccc(O)c(Br)c2)c1. The summed E-state index contributed by atoms with van der Waals surface area (Å²) < 4.78 is 0.642.